The van der Waals surface area contributed by atoms with Crippen LogP contribution in [0, 0.1) is 0 Å². The highest BCUT2D eigenvalue weighted by molar-refractivity contribution is 5.96. The van der Waals surface area contributed by atoms with Crippen molar-refractivity contribution in [3.8, 4) is 0 Å². The third-order valence-electron chi connectivity index (χ3n) is 2.31. The lowest BCUT2D eigenvalue weighted by atomic mass is 10.0. The fourth-order valence-corrected chi connectivity index (χ4v) is 1.32. The fraction of sp³-hybridized carbons (Fsp3) is 0.308. The Morgan fingerprint density at radius 1 is 1.18 bits per heavy atom. The van der Waals surface area contributed by atoms with Crippen LogP contribution >= 0.6 is 0 Å². The van der Waals surface area contributed by atoms with Crippen molar-refractivity contribution in [3.63, 3.8) is 0 Å². The summed E-state index contributed by atoms with van der Waals surface area (Å²) < 4.78 is 36.8. The van der Waals surface area contributed by atoms with E-state index in [0.717, 1.165) is 17.7 Å². The second-order valence-corrected chi connectivity index (χ2v) is 3.96. The number of rotatable bonds is 4. The minimum atomic E-state index is -4.36. The van der Waals surface area contributed by atoms with Gasteiger partial charge in [-0.1, -0.05) is 17.7 Å². The first-order chi connectivity index (χ1) is 7.80. The van der Waals surface area contributed by atoms with Crippen molar-refractivity contribution in [2.75, 3.05) is 0 Å². The van der Waals surface area contributed by atoms with E-state index in [2.05, 4.69) is 6.58 Å². The van der Waals surface area contributed by atoms with E-state index in [1.807, 2.05) is 0 Å². The maximum absolute atomic E-state index is 12.3. The second-order valence-electron chi connectivity index (χ2n) is 3.96. The molecule has 92 valence electrons. The zero-order chi connectivity index (χ0) is 13.1. The predicted molar refractivity (Wildman–Crippen MR) is 59.8 cm³/mol. The largest absolute Gasteiger partial charge is 0.416 e. The standard InChI is InChI=1S/C13H13F3O/c1-9(2)3-8-12(17)10-4-6-11(7-5-10)13(14,15)16/h4-7H,1,3,8H2,2H3. The van der Waals surface area contributed by atoms with E-state index in [1.54, 1.807) is 6.92 Å². The fourth-order valence-electron chi connectivity index (χ4n) is 1.32. The third-order valence-corrected chi connectivity index (χ3v) is 2.31. The van der Waals surface area contributed by atoms with Crippen molar-refractivity contribution in [1.29, 1.82) is 0 Å². The van der Waals surface area contributed by atoms with Crippen LogP contribution in [0.5, 0.6) is 0 Å². The van der Waals surface area contributed by atoms with Crippen LogP contribution in [-0.2, 0) is 6.18 Å². The van der Waals surface area contributed by atoms with Gasteiger partial charge >= 0.3 is 6.18 Å². The molecule has 0 saturated heterocycles. The Bertz CT molecular complexity index is 415. The van der Waals surface area contributed by atoms with Crippen LogP contribution in [0.3, 0.4) is 0 Å². The number of halogens is 3. The van der Waals surface area contributed by atoms with E-state index in [0.29, 0.717) is 12.0 Å². The Hall–Kier alpha value is -1.58. The molecule has 17 heavy (non-hydrogen) atoms. The normalized spacial score (nSPS) is 11.3. The number of carbonyl (C=O) groups is 1. The zero-order valence-corrected chi connectivity index (χ0v) is 9.47. The number of hydrogen-bond donors (Lipinski definition) is 0. The molecule has 0 amide bonds. The summed E-state index contributed by atoms with van der Waals surface area (Å²) in [7, 11) is 0. The van der Waals surface area contributed by atoms with Gasteiger partial charge in [0.2, 0.25) is 0 Å². The number of ketones is 1. The lowest BCUT2D eigenvalue weighted by Crippen LogP contribution is -2.06. The molecule has 0 aliphatic rings. The van der Waals surface area contributed by atoms with Gasteiger partial charge in [0.15, 0.2) is 5.78 Å². The highest BCUT2D eigenvalue weighted by Crippen LogP contribution is 2.29. The van der Waals surface area contributed by atoms with Gasteiger partial charge < -0.3 is 0 Å². The number of hydrogen-bond acceptors (Lipinski definition) is 1. The van der Waals surface area contributed by atoms with E-state index in [1.165, 1.54) is 12.1 Å². The minimum Gasteiger partial charge on any atom is -0.294 e. The summed E-state index contributed by atoms with van der Waals surface area (Å²) in [4.78, 5) is 11.6. The zero-order valence-electron chi connectivity index (χ0n) is 9.47. The van der Waals surface area contributed by atoms with Crippen molar-refractivity contribution < 1.29 is 18.0 Å². The SMILES string of the molecule is C=C(C)CCC(=O)c1ccc(C(F)(F)F)cc1. The Labute approximate surface area is 98.0 Å². The molecule has 0 N–H and O–H groups in total. The van der Waals surface area contributed by atoms with E-state index in [9.17, 15) is 18.0 Å². The number of benzene rings is 1. The lowest BCUT2D eigenvalue weighted by Gasteiger charge is -2.07. The molecule has 0 bridgehead atoms. The Morgan fingerprint density at radius 2 is 1.71 bits per heavy atom. The van der Waals surface area contributed by atoms with Gasteiger partial charge in [0.25, 0.3) is 0 Å². The smallest absolute Gasteiger partial charge is 0.294 e. The average molecular weight is 242 g/mol. The number of carbonyl (C=O) groups excluding carboxylic acids is 1. The first-order valence-corrected chi connectivity index (χ1v) is 5.15. The van der Waals surface area contributed by atoms with Gasteiger partial charge in [0, 0.05) is 12.0 Å². The molecule has 0 unspecified atom stereocenters. The average Bonchev–Trinajstić information content (AvgIpc) is 2.25. The monoisotopic (exact) mass is 242 g/mol. The van der Waals surface area contributed by atoms with E-state index < -0.39 is 11.7 Å². The molecule has 4 heteroatoms. The predicted octanol–water partition coefficient (Wildman–Crippen LogP) is 4.24. The van der Waals surface area contributed by atoms with Crippen LogP contribution in [-0.4, -0.2) is 5.78 Å². The summed E-state index contributed by atoms with van der Waals surface area (Å²) >= 11 is 0. The van der Waals surface area contributed by atoms with Gasteiger partial charge in [0.05, 0.1) is 5.56 Å². The summed E-state index contributed by atoms with van der Waals surface area (Å²) in [5.41, 5.74) is 0.443. The third kappa shape index (κ3) is 4.06. The summed E-state index contributed by atoms with van der Waals surface area (Å²) in [6, 6.07) is 4.27. The van der Waals surface area contributed by atoms with Crippen molar-refractivity contribution in [1.82, 2.24) is 0 Å². The molecule has 0 aromatic heterocycles. The van der Waals surface area contributed by atoms with Crippen LogP contribution < -0.4 is 0 Å². The maximum Gasteiger partial charge on any atom is 0.416 e. The second kappa shape index (κ2) is 5.17. The highest BCUT2D eigenvalue weighted by Gasteiger charge is 2.30. The van der Waals surface area contributed by atoms with Gasteiger partial charge in [-0.2, -0.15) is 13.2 Å². The van der Waals surface area contributed by atoms with Crippen LogP contribution in [0.2, 0.25) is 0 Å². The first kappa shape index (κ1) is 13.5. The molecule has 1 aromatic rings. The molecule has 0 fully saturated rings. The molecule has 1 nitrogen and oxygen atoms in total. The van der Waals surface area contributed by atoms with E-state index >= 15 is 0 Å². The topological polar surface area (TPSA) is 17.1 Å². The molecule has 0 saturated carbocycles. The molecule has 1 rings (SSSR count). The molecule has 0 aliphatic carbocycles. The molecular formula is C13H13F3O. The van der Waals surface area contributed by atoms with Crippen LogP contribution in [0.4, 0.5) is 13.2 Å². The van der Waals surface area contributed by atoms with Crippen LogP contribution in [0.15, 0.2) is 36.4 Å². The number of Topliss-reactive ketones (excluding diaryl/α,β-unsaturated/α-hetero) is 1. The van der Waals surface area contributed by atoms with Crippen molar-refractivity contribution in [2.24, 2.45) is 0 Å². The lowest BCUT2D eigenvalue weighted by molar-refractivity contribution is -0.137. The summed E-state index contributed by atoms with van der Waals surface area (Å²) in [5.74, 6) is -0.165. The molecule has 0 atom stereocenters. The summed E-state index contributed by atoms with van der Waals surface area (Å²) in [5, 5.41) is 0. The Morgan fingerprint density at radius 3 is 2.12 bits per heavy atom. The molecule has 0 aliphatic heterocycles. The van der Waals surface area contributed by atoms with Gasteiger partial charge in [-0.25, -0.2) is 0 Å². The highest BCUT2D eigenvalue weighted by atomic mass is 19.4. The van der Waals surface area contributed by atoms with Gasteiger partial charge in [-0.15, -0.1) is 6.58 Å². The van der Waals surface area contributed by atoms with Gasteiger partial charge in [-0.05, 0) is 25.5 Å². The minimum absolute atomic E-state index is 0.165. The van der Waals surface area contributed by atoms with Crippen molar-refractivity contribution in [3.05, 3.63) is 47.5 Å². The number of alkyl halides is 3. The van der Waals surface area contributed by atoms with Crippen molar-refractivity contribution >= 4 is 5.78 Å². The van der Waals surface area contributed by atoms with Gasteiger partial charge in [-0.3, -0.25) is 4.79 Å². The quantitative estimate of drug-likeness (QED) is 0.570. The molecule has 0 spiro atoms. The maximum atomic E-state index is 12.3. The summed E-state index contributed by atoms with van der Waals surface area (Å²) in [6.07, 6.45) is -3.53. The van der Waals surface area contributed by atoms with Crippen LogP contribution in [0.1, 0.15) is 35.7 Å². The molecular weight excluding hydrogens is 229 g/mol. The van der Waals surface area contributed by atoms with E-state index in [4.69, 9.17) is 0 Å². The molecule has 0 radical (unpaired) electrons. The number of allylic oxidation sites excluding steroid dienone is 1. The van der Waals surface area contributed by atoms with Gasteiger partial charge in [0.1, 0.15) is 0 Å². The Balaban J connectivity index is 2.74. The Kier molecular flexibility index (Phi) is 4.10. The molecule has 1 aromatic carbocycles. The summed E-state index contributed by atoms with van der Waals surface area (Å²) in [6.45, 7) is 5.47. The van der Waals surface area contributed by atoms with Crippen molar-refractivity contribution in [2.45, 2.75) is 25.9 Å². The van der Waals surface area contributed by atoms with E-state index in [-0.39, 0.29) is 12.2 Å². The first-order valence-electron chi connectivity index (χ1n) is 5.15. The van der Waals surface area contributed by atoms with Crippen LogP contribution in [0.25, 0.3) is 0 Å². The molecule has 0 heterocycles.